The molecule has 0 spiro atoms. The van der Waals surface area contributed by atoms with Crippen molar-refractivity contribution in [2.45, 2.75) is 38.6 Å². The zero-order chi connectivity index (χ0) is 13.1. The van der Waals surface area contributed by atoms with Gasteiger partial charge in [-0.1, -0.05) is 6.92 Å². The van der Waals surface area contributed by atoms with E-state index in [9.17, 15) is 0 Å². The molecule has 0 bridgehead atoms. The highest BCUT2D eigenvalue weighted by molar-refractivity contribution is 4.88. The third-order valence-corrected chi connectivity index (χ3v) is 5.13. The molecule has 1 aliphatic heterocycles. The van der Waals surface area contributed by atoms with Crippen LogP contribution in [-0.2, 0) is 0 Å². The van der Waals surface area contributed by atoms with Gasteiger partial charge in [0.25, 0.3) is 0 Å². The Balaban J connectivity index is 1.75. The summed E-state index contributed by atoms with van der Waals surface area (Å²) < 4.78 is 0. The van der Waals surface area contributed by atoms with Crippen LogP contribution in [-0.4, -0.2) is 56.1 Å². The Bertz CT molecular complexity index is 246. The molecule has 0 radical (unpaired) electrons. The van der Waals surface area contributed by atoms with Crippen LogP contribution in [0.1, 0.15) is 32.6 Å². The van der Waals surface area contributed by atoms with Gasteiger partial charge in [0.15, 0.2) is 0 Å². The van der Waals surface area contributed by atoms with Gasteiger partial charge in [0.2, 0.25) is 0 Å². The van der Waals surface area contributed by atoms with Crippen LogP contribution in [0, 0.1) is 17.8 Å². The molecular formula is C15H31N3. The number of hydrogen-bond donors (Lipinski definition) is 1. The molecule has 1 heterocycles. The molecule has 3 nitrogen and oxygen atoms in total. The lowest BCUT2D eigenvalue weighted by Gasteiger charge is -2.31. The van der Waals surface area contributed by atoms with Gasteiger partial charge in [-0.2, -0.15) is 0 Å². The van der Waals surface area contributed by atoms with E-state index in [1.807, 2.05) is 0 Å². The van der Waals surface area contributed by atoms with Crippen molar-refractivity contribution in [1.29, 1.82) is 0 Å². The predicted octanol–water partition coefficient (Wildman–Crippen LogP) is 1.63. The van der Waals surface area contributed by atoms with E-state index in [2.05, 4.69) is 30.8 Å². The lowest BCUT2D eigenvalue weighted by molar-refractivity contribution is 0.194. The molecule has 1 saturated carbocycles. The van der Waals surface area contributed by atoms with Gasteiger partial charge >= 0.3 is 0 Å². The van der Waals surface area contributed by atoms with Gasteiger partial charge in [-0.15, -0.1) is 0 Å². The molecule has 2 fully saturated rings. The van der Waals surface area contributed by atoms with Crippen LogP contribution >= 0.6 is 0 Å². The van der Waals surface area contributed by atoms with Crippen molar-refractivity contribution < 1.29 is 0 Å². The molecule has 2 atom stereocenters. The maximum Gasteiger partial charge on any atom is 0.0254 e. The van der Waals surface area contributed by atoms with Crippen molar-refractivity contribution in [3.8, 4) is 0 Å². The maximum atomic E-state index is 5.77. The molecule has 2 aliphatic rings. The highest BCUT2D eigenvalue weighted by Crippen LogP contribution is 2.30. The van der Waals surface area contributed by atoms with Gasteiger partial charge in [-0.05, 0) is 64.1 Å². The highest BCUT2D eigenvalue weighted by Gasteiger charge is 2.32. The van der Waals surface area contributed by atoms with Crippen molar-refractivity contribution in [2.24, 2.45) is 23.5 Å². The van der Waals surface area contributed by atoms with E-state index >= 15 is 0 Å². The maximum absolute atomic E-state index is 5.77. The monoisotopic (exact) mass is 253 g/mol. The van der Waals surface area contributed by atoms with Crippen LogP contribution < -0.4 is 5.73 Å². The molecule has 2 unspecified atom stereocenters. The first-order valence-corrected chi connectivity index (χ1v) is 7.69. The number of likely N-dealkylation sites (tertiary alicyclic amines) is 1. The van der Waals surface area contributed by atoms with E-state index in [4.69, 9.17) is 5.73 Å². The summed E-state index contributed by atoms with van der Waals surface area (Å²) >= 11 is 0. The highest BCUT2D eigenvalue weighted by atomic mass is 15.2. The Kier molecular flexibility index (Phi) is 5.05. The minimum Gasteiger partial charge on any atom is -0.330 e. The first kappa shape index (κ1) is 14.3. The molecule has 1 aliphatic carbocycles. The Hall–Kier alpha value is -0.120. The number of likely N-dealkylation sites (N-methyl/N-ethyl adjacent to an activating group) is 1. The first-order chi connectivity index (χ1) is 8.60. The summed E-state index contributed by atoms with van der Waals surface area (Å²) in [4.78, 5) is 5.10. The van der Waals surface area contributed by atoms with Gasteiger partial charge < -0.3 is 15.5 Å². The number of nitrogens with two attached hydrogens (primary N) is 1. The van der Waals surface area contributed by atoms with Gasteiger partial charge in [0.05, 0.1) is 0 Å². The average Bonchev–Trinajstić information content (AvgIpc) is 2.71. The fourth-order valence-electron chi connectivity index (χ4n) is 3.88. The molecule has 2 N–H and O–H groups in total. The molecule has 1 saturated heterocycles. The fraction of sp³-hybridized carbons (Fsp3) is 1.00. The second-order valence-corrected chi connectivity index (χ2v) is 6.85. The van der Waals surface area contributed by atoms with E-state index in [0.29, 0.717) is 0 Å². The van der Waals surface area contributed by atoms with Crippen molar-refractivity contribution in [3.05, 3.63) is 0 Å². The normalized spacial score (nSPS) is 38.5. The minimum atomic E-state index is 0.755. The Morgan fingerprint density at radius 1 is 1.06 bits per heavy atom. The number of hydrogen-bond acceptors (Lipinski definition) is 3. The summed E-state index contributed by atoms with van der Waals surface area (Å²) in [6.07, 6.45) is 5.53. The summed E-state index contributed by atoms with van der Waals surface area (Å²) in [5.74, 6) is 2.56. The van der Waals surface area contributed by atoms with Crippen LogP contribution in [0.25, 0.3) is 0 Å². The van der Waals surface area contributed by atoms with E-state index < -0.39 is 0 Å². The summed E-state index contributed by atoms with van der Waals surface area (Å²) in [5, 5.41) is 0. The Morgan fingerprint density at radius 2 is 1.67 bits per heavy atom. The third kappa shape index (κ3) is 3.46. The van der Waals surface area contributed by atoms with Gasteiger partial charge in [0.1, 0.15) is 0 Å². The van der Waals surface area contributed by atoms with Crippen molar-refractivity contribution in [3.63, 3.8) is 0 Å². The van der Waals surface area contributed by atoms with E-state index in [-0.39, 0.29) is 0 Å². The van der Waals surface area contributed by atoms with Crippen LogP contribution in [0.15, 0.2) is 0 Å². The van der Waals surface area contributed by atoms with Crippen LogP contribution in [0.4, 0.5) is 0 Å². The second kappa shape index (κ2) is 6.36. The number of nitrogens with zero attached hydrogens (tertiary/aromatic N) is 2. The van der Waals surface area contributed by atoms with Gasteiger partial charge in [-0.25, -0.2) is 0 Å². The predicted molar refractivity (Wildman–Crippen MR) is 77.6 cm³/mol. The number of rotatable bonds is 4. The van der Waals surface area contributed by atoms with Crippen molar-refractivity contribution in [1.82, 2.24) is 9.80 Å². The van der Waals surface area contributed by atoms with E-state index in [1.165, 1.54) is 45.3 Å². The van der Waals surface area contributed by atoms with Crippen LogP contribution in [0.2, 0.25) is 0 Å². The second-order valence-electron chi connectivity index (χ2n) is 6.85. The molecule has 0 amide bonds. The lowest BCUT2D eigenvalue weighted by atomic mass is 9.82. The van der Waals surface area contributed by atoms with E-state index in [0.717, 1.165) is 30.3 Å². The lowest BCUT2D eigenvalue weighted by Crippen LogP contribution is -2.36. The standard InChI is InChI=1S/C15H31N3/c1-12-9-18(11-15(12)17(2)3)10-14-6-4-13(8-16)5-7-14/h12-15H,4-11,16H2,1-3H3. The summed E-state index contributed by atoms with van der Waals surface area (Å²) in [6, 6.07) is 0.755. The molecule has 2 rings (SSSR count). The minimum absolute atomic E-state index is 0.755. The summed E-state index contributed by atoms with van der Waals surface area (Å²) in [5.41, 5.74) is 5.77. The largest absolute Gasteiger partial charge is 0.330 e. The molecule has 3 heteroatoms. The molecule has 0 aromatic rings. The zero-order valence-corrected chi connectivity index (χ0v) is 12.4. The molecule has 106 valence electrons. The van der Waals surface area contributed by atoms with Crippen LogP contribution in [0.3, 0.4) is 0 Å². The molecule has 0 aromatic carbocycles. The van der Waals surface area contributed by atoms with Crippen LogP contribution in [0.5, 0.6) is 0 Å². The van der Waals surface area contributed by atoms with Gasteiger partial charge in [0, 0.05) is 25.7 Å². The molecule has 0 aromatic heterocycles. The summed E-state index contributed by atoms with van der Waals surface area (Å²) in [6.45, 7) is 7.18. The Morgan fingerprint density at radius 3 is 2.17 bits per heavy atom. The topological polar surface area (TPSA) is 32.5 Å². The summed E-state index contributed by atoms with van der Waals surface area (Å²) in [7, 11) is 4.44. The molecule has 18 heavy (non-hydrogen) atoms. The van der Waals surface area contributed by atoms with Crippen molar-refractivity contribution >= 4 is 0 Å². The van der Waals surface area contributed by atoms with E-state index in [1.54, 1.807) is 0 Å². The first-order valence-electron chi connectivity index (χ1n) is 7.69. The quantitative estimate of drug-likeness (QED) is 0.826. The smallest absolute Gasteiger partial charge is 0.0254 e. The fourth-order valence-corrected chi connectivity index (χ4v) is 3.88. The average molecular weight is 253 g/mol. The van der Waals surface area contributed by atoms with Crippen molar-refractivity contribution in [2.75, 3.05) is 40.3 Å². The zero-order valence-electron chi connectivity index (χ0n) is 12.4. The Labute approximate surface area is 113 Å². The molecular weight excluding hydrogens is 222 g/mol. The van der Waals surface area contributed by atoms with Gasteiger partial charge in [-0.3, -0.25) is 0 Å². The SMILES string of the molecule is CC1CN(CC2CCC(CN)CC2)CC1N(C)C. The third-order valence-electron chi connectivity index (χ3n) is 5.13.